The van der Waals surface area contributed by atoms with Crippen molar-refractivity contribution in [2.45, 2.75) is 39.8 Å². The van der Waals surface area contributed by atoms with E-state index in [1.54, 1.807) is 0 Å². The lowest BCUT2D eigenvalue weighted by Gasteiger charge is -2.23. The second kappa shape index (κ2) is 7.51. The summed E-state index contributed by atoms with van der Waals surface area (Å²) in [6.45, 7) is 12.2. The summed E-state index contributed by atoms with van der Waals surface area (Å²) in [6.07, 6.45) is 0. The van der Waals surface area contributed by atoms with Crippen LogP contribution in [-0.4, -0.2) is 41.7 Å². The normalized spacial score (nSPS) is 24.3. The van der Waals surface area contributed by atoms with Crippen molar-refractivity contribution >= 4 is 5.82 Å². The zero-order valence-corrected chi connectivity index (χ0v) is 16.9. The number of benzene rings is 1. The molecule has 4 heteroatoms. The lowest BCUT2D eigenvalue weighted by molar-refractivity contribution is 0.206. The molecule has 144 valence electrons. The lowest BCUT2D eigenvalue weighted by atomic mass is 10.1. The van der Waals surface area contributed by atoms with Crippen LogP contribution in [-0.2, 0) is 0 Å². The van der Waals surface area contributed by atoms with E-state index in [0.717, 1.165) is 47.2 Å². The molecule has 0 amide bonds. The summed E-state index contributed by atoms with van der Waals surface area (Å²) in [7, 11) is 0. The molecule has 1 aliphatic heterocycles. The average Bonchev–Trinajstić information content (AvgIpc) is 3.08. The number of aromatic nitrogens is 1. The van der Waals surface area contributed by atoms with Crippen molar-refractivity contribution in [1.82, 2.24) is 9.88 Å². The van der Waals surface area contributed by atoms with Gasteiger partial charge in [0.15, 0.2) is 0 Å². The van der Waals surface area contributed by atoms with Crippen LogP contribution in [0.4, 0.5) is 5.82 Å². The molecule has 1 saturated carbocycles. The zero-order valence-electron chi connectivity index (χ0n) is 16.9. The monoisotopic (exact) mass is 365 g/mol. The highest BCUT2D eigenvalue weighted by Gasteiger charge is 2.56. The van der Waals surface area contributed by atoms with Crippen LogP contribution in [0.15, 0.2) is 42.5 Å². The van der Waals surface area contributed by atoms with Crippen LogP contribution in [0.5, 0.6) is 5.75 Å². The van der Waals surface area contributed by atoms with E-state index in [9.17, 15) is 0 Å². The van der Waals surface area contributed by atoms with Crippen molar-refractivity contribution in [2.75, 3.05) is 25.0 Å². The predicted molar refractivity (Wildman–Crippen MR) is 111 cm³/mol. The molecular formula is C23H31N3O. The molecule has 1 aromatic carbocycles. The van der Waals surface area contributed by atoms with Gasteiger partial charge < -0.3 is 15.0 Å². The summed E-state index contributed by atoms with van der Waals surface area (Å²) >= 11 is 0. The van der Waals surface area contributed by atoms with Crippen molar-refractivity contribution < 1.29 is 4.74 Å². The van der Waals surface area contributed by atoms with E-state index in [1.165, 1.54) is 13.1 Å². The number of hydrogen-bond donors (Lipinski definition) is 1. The molecule has 2 aliphatic rings. The van der Waals surface area contributed by atoms with Gasteiger partial charge in [0.2, 0.25) is 0 Å². The first-order chi connectivity index (χ1) is 13.0. The quantitative estimate of drug-likeness (QED) is 0.782. The number of ether oxygens (including phenoxy) is 1. The van der Waals surface area contributed by atoms with Crippen LogP contribution in [0, 0.1) is 17.8 Å². The Hall–Kier alpha value is -2.07. The number of likely N-dealkylation sites (tertiary alicyclic amines) is 1. The Labute approximate surface area is 162 Å². The summed E-state index contributed by atoms with van der Waals surface area (Å²) < 4.78 is 6.08. The maximum atomic E-state index is 6.08. The van der Waals surface area contributed by atoms with Gasteiger partial charge in [0.05, 0.1) is 12.3 Å². The van der Waals surface area contributed by atoms with Crippen LogP contribution in [0.25, 0.3) is 11.3 Å². The second-order valence-corrected chi connectivity index (χ2v) is 8.58. The predicted octanol–water partition coefficient (Wildman–Crippen LogP) is 4.53. The average molecular weight is 366 g/mol. The van der Waals surface area contributed by atoms with E-state index in [2.05, 4.69) is 62.2 Å². The third-order valence-corrected chi connectivity index (χ3v) is 5.91. The number of fused-ring (bicyclic) bond motifs is 1. The number of pyridine rings is 1. The van der Waals surface area contributed by atoms with E-state index >= 15 is 0 Å². The number of anilines is 1. The lowest BCUT2D eigenvalue weighted by Crippen LogP contribution is -2.31. The fourth-order valence-electron chi connectivity index (χ4n) is 4.24. The van der Waals surface area contributed by atoms with E-state index < -0.39 is 0 Å². The van der Waals surface area contributed by atoms with Gasteiger partial charge in [0, 0.05) is 36.7 Å². The standard InChI is InChI=1S/C23H31N3O/c1-15(2)24-23-7-5-6-22(25-23)17-8-10-18(11-9-17)27-14-21-19-12-26(16(3)4)13-20(19)21/h5-11,15-16,19-21H,12-14H2,1-4H3,(H,24,25). The Morgan fingerprint density at radius 2 is 1.74 bits per heavy atom. The molecule has 2 unspecified atom stereocenters. The molecule has 0 bridgehead atoms. The van der Waals surface area contributed by atoms with Crippen LogP contribution >= 0.6 is 0 Å². The maximum absolute atomic E-state index is 6.08. The Kier molecular flexibility index (Phi) is 5.09. The highest BCUT2D eigenvalue weighted by atomic mass is 16.5. The molecule has 4 nitrogen and oxygen atoms in total. The molecule has 2 fully saturated rings. The fourth-order valence-corrected chi connectivity index (χ4v) is 4.24. The van der Waals surface area contributed by atoms with E-state index in [-0.39, 0.29) is 0 Å². The molecule has 27 heavy (non-hydrogen) atoms. The number of nitrogens with one attached hydrogen (secondary N) is 1. The molecule has 1 aliphatic carbocycles. The van der Waals surface area contributed by atoms with Crippen molar-refractivity contribution in [1.29, 1.82) is 0 Å². The van der Waals surface area contributed by atoms with Gasteiger partial charge in [-0.15, -0.1) is 0 Å². The summed E-state index contributed by atoms with van der Waals surface area (Å²) in [5, 5.41) is 3.36. The summed E-state index contributed by atoms with van der Waals surface area (Å²) in [6, 6.07) is 15.5. The second-order valence-electron chi connectivity index (χ2n) is 8.58. The maximum Gasteiger partial charge on any atom is 0.126 e. The van der Waals surface area contributed by atoms with Gasteiger partial charge >= 0.3 is 0 Å². The topological polar surface area (TPSA) is 37.4 Å². The number of nitrogens with zero attached hydrogens (tertiary/aromatic N) is 2. The van der Waals surface area contributed by atoms with Crippen LogP contribution in [0.1, 0.15) is 27.7 Å². The highest BCUT2D eigenvalue weighted by molar-refractivity contribution is 5.62. The third kappa shape index (κ3) is 4.11. The first-order valence-corrected chi connectivity index (χ1v) is 10.2. The Bertz CT molecular complexity index is 759. The van der Waals surface area contributed by atoms with Crippen LogP contribution < -0.4 is 10.1 Å². The van der Waals surface area contributed by atoms with Gasteiger partial charge in [-0.05, 0) is 75.9 Å². The van der Waals surface area contributed by atoms with Gasteiger partial charge in [-0.25, -0.2) is 4.98 Å². The van der Waals surface area contributed by atoms with E-state index in [1.807, 2.05) is 18.2 Å². The third-order valence-electron chi connectivity index (χ3n) is 5.91. The number of hydrogen-bond acceptors (Lipinski definition) is 4. The smallest absolute Gasteiger partial charge is 0.126 e. The van der Waals surface area contributed by atoms with Crippen molar-refractivity contribution in [3.63, 3.8) is 0 Å². The highest BCUT2D eigenvalue weighted by Crippen LogP contribution is 2.52. The van der Waals surface area contributed by atoms with E-state index in [4.69, 9.17) is 9.72 Å². The molecule has 0 radical (unpaired) electrons. The van der Waals surface area contributed by atoms with Crippen molar-refractivity contribution in [3.05, 3.63) is 42.5 Å². The van der Waals surface area contributed by atoms with Gasteiger partial charge in [0.1, 0.15) is 11.6 Å². The molecule has 1 saturated heterocycles. The fraction of sp³-hybridized carbons (Fsp3) is 0.522. The summed E-state index contributed by atoms with van der Waals surface area (Å²) in [5.41, 5.74) is 2.10. The Morgan fingerprint density at radius 3 is 2.37 bits per heavy atom. The molecule has 0 spiro atoms. The SMILES string of the molecule is CC(C)Nc1cccc(-c2ccc(OCC3C4CN(C(C)C)CC34)cc2)n1. The van der Waals surface area contributed by atoms with Gasteiger partial charge in [-0.3, -0.25) is 0 Å². The van der Waals surface area contributed by atoms with Crippen LogP contribution in [0.3, 0.4) is 0 Å². The van der Waals surface area contributed by atoms with Crippen molar-refractivity contribution in [3.8, 4) is 17.0 Å². The molecule has 1 N–H and O–H groups in total. The van der Waals surface area contributed by atoms with Crippen molar-refractivity contribution in [2.24, 2.45) is 17.8 Å². The Balaban J connectivity index is 1.31. The minimum Gasteiger partial charge on any atom is -0.493 e. The summed E-state index contributed by atoms with van der Waals surface area (Å²) in [5.74, 6) is 4.33. The minimum atomic E-state index is 0.373. The minimum absolute atomic E-state index is 0.373. The van der Waals surface area contributed by atoms with E-state index in [0.29, 0.717) is 12.1 Å². The molecular weight excluding hydrogens is 334 g/mol. The van der Waals surface area contributed by atoms with Gasteiger partial charge in [0.25, 0.3) is 0 Å². The molecule has 4 rings (SSSR count). The van der Waals surface area contributed by atoms with Gasteiger partial charge in [-0.2, -0.15) is 0 Å². The first kappa shape index (κ1) is 18.3. The molecule has 2 heterocycles. The summed E-state index contributed by atoms with van der Waals surface area (Å²) in [4.78, 5) is 7.29. The molecule has 1 aromatic heterocycles. The van der Waals surface area contributed by atoms with Crippen LogP contribution in [0.2, 0.25) is 0 Å². The Morgan fingerprint density at radius 1 is 1.04 bits per heavy atom. The molecule has 2 atom stereocenters. The largest absolute Gasteiger partial charge is 0.493 e. The number of rotatable bonds is 7. The molecule has 2 aromatic rings. The zero-order chi connectivity index (χ0) is 19.0. The number of piperidine rings is 1. The van der Waals surface area contributed by atoms with Gasteiger partial charge in [-0.1, -0.05) is 6.07 Å². The first-order valence-electron chi connectivity index (χ1n) is 10.2.